The number of rotatable bonds is 22. The molecule has 4 nitrogen and oxygen atoms in total. The highest BCUT2D eigenvalue weighted by molar-refractivity contribution is 7.96. The van der Waals surface area contributed by atoms with Crippen molar-refractivity contribution in [2.45, 2.75) is 141 Å². The zero-order valence-corrected chi connectivity index (χ0v) is 19.7. The average molecular weight is 431 g/mol. The minimum Gasteiger partial charge on any atom is -0.479 e. The summed E-state index contributed by atoms with van der Waals surface area (Å²) in [7, 11) is 0. The molecule has 0 amide bonds. The summed E-state index contributed by atoms with van der Waals surface area (Å²) in [5.41, 5.74) is -1.95. The third kappa shape index (κ3) is 18.0. The molecular formula is C24H46O4S. The Kier molecular flexibility index (Phi) is 19.0. The molecule has 0 aliphatic carbocycles. The molecule has 29 heavy (non-hydrogen) atoms. The van der Waals surface area contributed by atoms with Crippen molar-refractivity contribution in [3.8, 4) is 0 Å². The molecule has 0 radical (unpaired) electrons. The van der Waals surface area contributed by atoms with E-state index in [1.807, 2.05) is 0 Å². The molecule has 0 aliphatic rings. The SMILES string of the molecule is CCCCCCCCCCCCCCCCCCCCC(O)(CC(=O)S)C(=O)O. The molecule has 1 atom stereocenters. The summed E-state index contributed by atoms with van der Waals surface area (Å²) in [5, 5.41) is 18.5. The zero-order chi connectivity index (χ0) is 21.8. The normalized spacial score (nSPS) is 13.3. The van der Waals surface area contributed by atoms with E-state index < -0.39 is 23.1 Å². The van der Waals surface area contributed by atoms with Gasteiger partial charge in [0.05, 0.1) is 6.42 Å². The summed E-state index contributed by atoms with van der Waals surface area (Å²) in [6.45, 7) is 2.27. The lowest BCUT2D eigenvalue weighted by Gasteiger charge is -2.21. The number of aliphatic carboxylic acids is 1. The highest BCUT2D eigenvalue weighted by atomic mass is 32.1. The van der Waals surface area contributed by atoms with Crippen LogP contribution in [0.25, 0.3) is 0 Å². The topological polar surface area (TPSA) is 74.6 Å². The van der Waals surface area contributed by atoms with E-state index in [0.717, 1.165) is 19.3 Å². The van der Waals surface area contributed by atoms with E-state index in [1.165, 1.54) is 89.9 Å². The first-order chi connectivity index (χ1) is 13.9. The number of aliphatic hydroxyl groups is 1. The van der Waals surface area contributed by atoms with Crippen LogP contribution >= 0.6 is 12.6 Å². The first-order valence-electron chi connectivity index (χ1n) is 12.1. The maximum absolute atomic E-state index is 11.1. The van der Waals surface area contributed by atoms with Crippen LogP contribution < -0.4 is 0 Å². The Bertz CT molecular complexity index is 414. The summed E-state index contributed by atoms with van der Waals surface area (Å²) in [4.78, 5) is 22.1. The van der Waals surface area contributed by atoms with E-state index in [2.05, 4.69) is 19.6 Å². The Labute approximate surface area is 184 Å². The minimum absolute atomic E-state index is 0.118. The van der Waals surface area contributed by atoms with E-state index in [9.17, 15) is 14.7 Å². The van der Waals surface area contributed by atoms with Crippen LogP contribution in [0.1, 0.15) is 135 Å². The van der Waals surface area contributed by atoms with Crippen LogP contribution in [0.3, 0.4) is 0 Å². The first kappa shape index (κ1) is 28.5. The minimum atomic E-state index is -1.95. The van der Waals surface area contributed by atoms with E-state index in [1.54, 1.807) is 0 Å². The summed E-state index contributed by atoms with van der Waals surface area (Å²) in [6, 6.07) is 0. The van der Waals surface area contributed by atoms with Crippen molar-refractivity contribution in [3.05, 3.63) is 0 Å². The monoisotopic (exact) mass is 430 g/mol. The highest BCUT2D eigenvalue weighted by Crippen LogP contribution is 2.22. The standard InChI is InChI=1S/C24H46O4S/c1-2-3-4-5-6-7-8-9-10-11-12-13-14-15-16-17-18-19-20-24(28,23(26)27)21-22(25)29/h28H,2-21H2,1H3,(H,25,29)(H,26,27). The number of hydrogen-bond donors (Lipinski definition) is 3. The molecule has 2 N–H and O–H groups in total. The molecule has 0 saturated heterocycles. The van der Waals surface area contributed by atoms with Gasteiger partial charge in [-0.3, -0.25) is 4.79 Å². The lowest BCUT2D eigenvalue weighted by Crippen LogP contribution is -2.39. The fourth-order valence-corrected chi connectivity index (χ4v) is 4.10. The molecule has 0 bridgehead atoms. The molecule has 0 fully saturated rings. The number of carboxylic acid groups (broad SMARTS) is 1. The van der Waals surface area contributed by atoms with Crippen molar-refractivity contribution >= 4 is 23.7 Å². The van der Waals surface area contributed by atoms with Crippen molar-refractivity contribution in [1.29, 1.82) is 0 Å². The molecule has 1 unspecified atom stereocenters. The van der Waals surface area contributed by atoms with Crippen molar-refractivity contribution in [1.82, 2.24) is 0 Å². The fraction of sp³-hybridized carbons (Fsp3) is 0.917. The summed E-state index contributed by atoms with van der Waals surface area (Å²) in [6.07, 6.45) is 22.6. The number of hydrogen-bond acceptors (Lipinski definition) is 3. The van der Waals surface area contributed by atoms with E-state index in [-0.39, 0.29) is 6.42 Å². The molecular weight excluding hydrogens is 384 g/mol. The zero-order valence-electron chi connectivity index (χ0n) is 18.8. The lowest BCUT2D eigenvalue weighted by atomic mass is 9.92. The Morgan fingerprint density at radius 3 is 1.24 bits per heavy atom. The Hall–Kier alpha value is -0.550. The van der Waals surface area contributed by atoms with Crippen molar-refractivity contribution in [2.24, 2.45) is 0 Å². The van der Waals surface area contributed by atoms with Crippen LogP contribution in [0, 0.1) is 0 Å². The van der Waals surface area contributed by atoms with Gasteiger partial charge >= 0.3 is 5.97 Å². The molecule has 0 saturated carbocycles. The van der Waals surface area contributed by atoms with Crippen LogP contribution in [0.4, 0.5) is 0 Å². The van der Waals surface area contributed by atoms with E-state index >= 15 is 0 Å². The summed E-state index contributed by atoms with van der Waals surface area (Å²) in [5.74, 6) is -1.33. The largest absolute Gasteiger partial charge is 0.479 e. The Balaban J connectivity index is 3.35. The molecule has 0 aromatic heterocycles. The molecule has 5 heteroatoms. The first-order valence-corrected chi connectivity index (χ1v) is 12.5. The molecule has 0 spiro atoms. The number of carbonyl (C=O) groups is 2. The van der Waals surface area contributed by atoms with Crippen molar-refractivity contribution in [2.75, 3.05) is 0 Å². The second kappa shape index (κ2) is 19.4. The van der Waals surface area contributed by atoms with Crippen LogP contribution in [0.15, 0.2) is 0 Å². The third-order valence-corrected chi connectivity index (χ3v) is 5.94. The van der Waals surface area contributed by atoms with E-state index in [0.29, 0.717) is 6.42 Å². The summed E-state index contributed by atoms with van der Waals surface area (Å²) >= 11 is 3.59. The maximum Gasteiger partial charge on any atom is 0.336 e. The second-order valence-electron chi connectivity index (χ2n) is 8.67. The van der Waals surface area contributed by atoms with Gasteiger partial charge in [0.2, 0.25) is 0 Å². The van der Waals surface area contributed by atoms with Crippen molar-refractivity contribution in [3.63, 3.8) is 0 Å². The molecule has 0 aromatic rings. The van der Waals surface area contributed by atoms with Gasteiger partial charge in [0.15, 0.2) is 10.7 Å². The molecule has 172 valence electrons. The van der Waals surface area contributed by atoms with Gasteiger partial charge in [0, 0.05) is 0 Å². The highest BCUT2D eigenvalue weighted by Gasteiger charge is 2.36. The molecule has 0 heterocycles. The van der Waals surface area contributed by atoms with E-state index in [4.69, 9.17) is 5.11 Å². The average Bonchev–Trinajstić information content (AvgIpc) is 2.66. The van der Waals surface area contributed by atoms with Crippen LogP contribution in [0.5, 0.6) is 0 Å². The lowest BCUT2D eigenvalue weighted by molar-refractivity contribution is -0.161. The number of unbranched alkanes of at least 4 members (excludes halogenated alkanes) is 17. The smallest absolute Gasteiger partial charge is 0.336 e. The van der Waals surface area contributed by atoms with Gasteiger partial charge in [0.1, 0.15) is 0 Å². The van der Waals surface area contributed by atoms with Gasteiger partial charge in [-0.25, -0.2) is 4.79 Å². The number of carboxylic acids is 1. The van der Waals surface area contributed by atoms with Crippen LogP contribution in [-0.4, -0.2) is 26.9 Å². The molecule has 0 aromatic carbocycles. The Morgan fingerprint density at radius 2 is 0.966 bits per heavy atom. The van der Waals surface area contributed by atoms with Gasteiger partial charge in [-0.2, -0.15) is 0 Å². The number of carbonyl (C=O) groups excluding carboxylic acids is 1. The fourth-order valence-electron chi connectivity index (χ4n) is 3.84. The van der Waals surface area contributed by atoms with Gasteiger partial charge < -0.3 is 10.2 Å². The Morgan fingerprint density at radius 1 is 0.655 bits per heavy atom. The van der Waals surface area contributed by atoms with Crippen LogP contribution in [0.2, 0.25) is 0 Å². The van der Waals surface area contributed by atoms with Gasteiger partial charge in [-0.1, -0.05) is 116 Å². The third-order valence-electron chi connectivity index (χ3n) is 5.79. The van der Waals surface area contributed by atoms with Gasteiger partial charge in [-0.05, 0) is 12.8 Å². The predicted octanol–water partition coefficient (Wildman–Crippen LogP) is 7.08. The predicted molar refractivity (Wildman–Crippen MR) is 125 cm³/mol. The number of thiol groups is 1. The quantitative estimate of drug-likeness (QED) is 0.127. The van der Waals surface area contributed by atoms with Gasteiger partial charge in [-0.15, -0.1) is 12.6 Å². The van der Waals surface area contributed by atoms with Crippen molar-refractivity contribution < 1.29 is 19.8 Å². The molecule has 0 rings (SSSR count). The second-order valence-corrected chi connectivity index (χ2v) is 9.17. The van der Waals surface area contributed by atoms with Crippen LogP contribution in [-0.2, 0) is 9.59 Å². The summed E-state index contributed by atoms with van der Waals surface area (Å²) < 4.78 is 0. The molecule has 0 aliphatic heterocycles. The van der Waals surface area contributed by atoms with Gasteiger partial charge in [0.25, 0.3) is 0 Å². The maximum atomic E-state index is 11.1.